The molecule has 1 unspecified atom stereocenters. The lowest BCUT2D eigenvalue weighted by molar-refractivity contribution is 0.580. The largest absolute Gasteiger partial charge is 0.207 e. The first-order valence-electron chi connectivity index (χ1n) is 5.92. The molecule has 0 fully saturated rings. The van der Waals surface area contributed by atoms with Gasteiger partial charge in [-0.05, 0) is 43.4 Å². The molecule has 0 aliphatic heterocycles. The van der Waals surface area contributed by atoms with Crippen LogP contribution in [0.15, 0.2) is 29.8 Å². The van der Waals surface area contributed by atoms with Gasteiger partial charge in [-0.1, -0.05) is 18.1 Å². The average molecular weight is 257 g/mol. The number of rotatable bonds is 2. The lowest BCUT2D eigenvalue weighted by Gasteiger charge is -2.07. The molecule has 0 nitrogen and oxygen atoms in total. The van der Waals surface area contributed by atoms with Crippen LogP contribution in [0.25, 0.3) is 0 Å². The van der Waals surface area contributed by atoms with Crippen LogP contribution in [0.2, 0.25) is 0 Å². The SMILES string of the molecule is Fc1cc(F)cc(CC2=CC(Cl)CCCC2)c1. The van der Waals surface area contributed by atoms with Crippen molar-refractivity contribution < 1.29 is 8.78 Å². The van der Waals surface area contributed by atoms with Crippen LogP contribution in [0.4, 0.5) is 8.78 Å². The van der Waals surface area contributed by atoms with Gasteiger partial charge < -0.3 is 0 Å². The standard InChI is InChI=1S/C14H15ClF2/c15-12-4-2-1-3-10(6-12)5-11-7-13(16)9-14(17)8-11/h6-9,12H,1-5H2. The fraction of sp³-hybridized carbons (Fsp3) is 0.429. The first-order valence-corrected chi connectivity index (χ1v) is 6.36. The summed E-state index contributed by atoms with van der Waals surface area (Å²) >= 11 is 6.12. The molecular formula is C14H15ClF2. The molecular weight excluding hydrogens is 242 g/mol. The monoisotopic (exact) mass is 256 g/mol. The lowest BCUT2D eigenvalue weighted by atomic mass is 10.0. The summed E-state index contributed by atoms with van der Waals surface area (Å²) in [6.07, 6.45) is 6.82. The van der Waals surface area contributed by atoms with Crippen molar-refractivity contribution in [3.05, 3.63) is 47.0 Å². The Bertz CT molecular complexity index is 406. The molecule has 0 bridgehead atoms. The van der Waals surface area contributed by atoms with Gasteiger partial charge in [-0.2, -0.15) is 0 Å². The van der Waals surface area contributed by atoms with E-state index in [2.05, 4.69) is 0 Å². The highest BCUT2D eigenvalue weighted by Gasteiger charge is 2.11. The van der Waals surface area contributed by atoms with Gasteiger partial charge in [0, 0.05) is 6.07 Å². The van der Waals surface area contributed by atoms with E-state index in [-0.39, 0.29) is 5.38 Å². The van der Waals surface area contributed by atoms with Gasteiger partial charge in [0.05, 0.1) is 5.38 Å². The van der Waals surface area contributed by atoms with Crippen molar-refractivity contribution in [2.45, 2.75) is 37.5 Å². The summed E-state index contributed by atoms with van der Waals surface area (Å²) in [6.45, 7) is 0. The molecule has 0 saturated heterocycles. The van der Waals surface area contributed by atoms with Crippen LogP contribution < -0.4 is 0 Å². The van der Waals surface area contributed by atoms with Gasteiger partial charge in [0.2, 0.25) is 0 Å². The minimum Gasteiger partial charge on any atom is -0.207 e. The van der Waals surface area contributed by atoms with Crippen LogP contribution in [0.1, 0.15) is 31.2 Å². The van der Waals surface area contributed by atoms with Crippen LogP contribution in [0.3, 0.4) is 0 Å². The molecule has 0 spiro atoms. The molecule has 1 aliphatic carbocycles. The number of alkyl halides is 1. The van der Waals surface area contributed by atoms with E-state index in [9.17, 15) is 8.78 Å². The summed E-state index contributed by atoms with van der Waals surface area (Å²) in [5.74, 6) is -1.03. The zero-order valence-electron chi connectivity index (χ0n) is 9.56. The maximum atomic E-state index is 13.1. The van der Waals surface area contributed by atoms with Crippen molar-refractivity contribution in [1.82, 2.24) is 0 Å². The third-order valence-corrected chi connectivity index (χ3v) is 3.34. The molecule has 0 heterocycles. The van der Waals surface area contributed by atoms with Gasteiger partial charge >= 0.3 is 0 Å². The highest BCUT2D eigenvalue weighted by molar-refractivity contribution is 6.21. The van der Waals surface area contributed by atoms with Crippen molar-refractivity contribution in [3.63, 3.8) is 0 Å². The van der Waals surface area contributed by atoms with E-state index in [1.54, 1.807) is 0 Å². The number of benzene rings is 1. The van der Waals surface area contributed by atoms with E-state index in [4.69, 9.17) is 11.6 Å². The minimum atomic E-state index is -0.517. The van der Waals surface area contributed by atoms with Gasteiger partial charge in [0.1, 0.15) is 11.6 Å². The zero-order valence-corrected chi connectivity index (χ0v) is 10.3. The van der Waals surface area contributed by atoms with Gasteiger partial charge in [-0.3, -0.25) is 0 Å². The average Bonchev–Trinajstić information content (AvgIpc) is 2.41. The molecule has 0 aromatic heterocycles. The normalized spacial score (nSPS) is 20.9. The molecule has 0 saturated carbocycles. The van der Waals surface area contributed by atoms with Crippen LogP contribution in [0.5, 0.6) is 0 Å². The van der Waals surface area contributed by atoms with Crippen LogP contribution in [0, 0.1) is 11.6 Å². The lowest BCUT2D eigenvalue weighted by Crippen LogP contribution is -1.96. The molecule has 17 heavy (non-hydrogen) atoms. The third-order valence-electron chi connectivity index (χ3n) is 3.00. The van der Waals surface area contributed by atoms with Crippen molar-refractivity contribution in [1.29, 1.82) is 0 Å². The predicted molar refractivity (Wildman–Crippen MR) is 66.3 cm³/mol. The van der Waals surface area contributed by atoms with Crippen molar-refractivity contribution in [3.8, 4) is 0 Å². The van der Waals surface area contributed by atoms with Crippen LogP contribution in [-0.2, 0) is 6.42 Å². The zero-order chi connectivity index (χ0) is 12.3. The molecule has 1 aromatic rings. The molecule has 1 atom stereocenters. The fourth-order valence-corrected chi connectivity index (χ4v) is 2.57. The van der Waals surface area contributed by atoms with Crippen molar-refractivity contribution in [2.24, 2.45) is 0 Å². The van der Waals surface area contributed by atoms with E-state index in [0.717, 1.165) is 31.7 Å². The Morgan fingerprint density at radius 3 is 2.53 bits per heavy atom. The van der Waals surface area contributed by atoms with Gasteiger partial charge in [-0.25, -0.2) is 8.78 Å². The Labute approximate surface area is 105 Å². The van der Waals surface area contributed by atoms with E-state index in [0.29, 0.717) is 12.0 Å². The van der Waals surface area contributed by atoms with E-state index in [1.807, 2.05) is 6.08 Å². The Balaban J connectivity index is 2.13. The van der Waals surface area contributed by atoms with Crippen LogP contribution in [-0.4, -0.2) is 5.38 Å². The quantitative estimate of drug-likeness (QED) is 0.535. The molecule has 1 aliphatic rings. The Kier molecular flexibility index (Phi) is 4.16. The molecule has 0 amide bonds. The first-order chi connectivity index (χ1) is 8.13. The van der Waals surface area contributed by atoms with Crippen molar-refractivity contribution >= 4 is 11.6 Å². The highest BCUT2D eigenvalue weighted by Crippen LogP contribution is 2.24. The fourth-order valence-electron chi connectivity index (χ4n) is 2.24. The maximum Gasteiger partial charge on any atom is 0.126 e. The smallest absolute Gasteiger partial charge is 0.126 e. The Morgan fingerprint density at radius 2 is 1.82 bits per heavy atom. The van der Waals surface area contributed by atoms with Gasteiger partial charge in [-0.15, -0.1) is 11.6 Å². The molecule has 3 heteroatoms. The molecule has 0 radical (unpaired) electrons. The predicted octanol–water partition coefficient (Wildman–Crippen LogP) is 4.62. The summed E-state index contributed by atoms with van der Waals surface area (Å²) in [7, 11) is 0. The summed E-state index contributed by atoms with van der Waals surface area (Å²) in [5.41, 5.74) is 1.87. The summed E-state index contributed by atoms with van der Waals surface area (Å²) in [5, 5.41) is 0.0610. The number of halogens is 3. The molecule has 0 N–H and O–H groups in total. The maximum absolute atomic E-state index is 13.1. The summed E-state index contributed by atoms with van der Waals surface area (Å²) < 4.78 is 26.1. The van der Waals surface area contributed by atoms with E-state index in [1.165, 1.54) is 17.7 Å². The number of allylic oxidation sites excluding steroid dienone is 2. The molecule has 2 rings (SSSR count). The second-order valence-corrected chi connectivity index (χ2v) is 5.10. The van der Waals surface area contributed by atoms with E-state index < -0.39 is 11.6 Å². The minimum absolute atomic E-state index is 0.0610. The third kappa shape index (κ3) is 3.81. The summed E-state index contributed by atoms with van der Waals surface area (Å²) in [6, 6.07) is 3.67. The number of hydrogen-bond donors (Lipinski definition) is 0. The number of hydrogen-bond acceptors (Lipinski definition) is 0. The van der Waals surface area contributed by atoms with Crippen LogP contribution >= 0.6 is 11.6 Å². The van der Waals surface area contributed by atoms with Gasteiger partial charge in [0.15, 0.2) is 0 Å². The first kappa shape index (κ1) is 12.6. The van der Waals surface area contributed by atoms with Gasteiger partial charge in [0.25, 0.3) is 0 Å². The molecule has 92 valence electrons. The second kappa shape index (κ2) is 5.63. The Morgan fingerprint density at radius 1 is 1.12 bits per heavy atom. The molecule has 1 aromatic carbocycles. The summed E-state index contributed by atoms with van der Waals surface area (Å²) in [4.78, 5) is 0. The Hall–Kier alpha value is -0.890. The second-order valence-electron chi connectivity index (χ2n) is 4.54. The highest BCUT2D eigenvalue weighted by atomic mass is 35.5. The van der Waals surface area contributed by atoms with E-state index >= 15 is 0 Å². The topological polar surface area (TPSA) is 0 Å². The van der Waals surface area contributed by atoms with Crippen molar-refractivity contribution in [2.75, 3.05) is 0 Å².